The third-order valence-electron chi connectivity index (χ3n) is 5.94. The number of aromatic nitrogens is 3. The van der Waals surface area contributed by atoms with Gasteiger partial charge in [-0.1, -0.05) is 0 Å². The lowest BCUT2D eigenvalue weighted by molar-refractivity contribution is -0.142. The molecule has 152 valence electrons. The van der Waals surface area contributed by atoms with Crippen LogP contribution in [0.15, 0.2) is 12.1 Å². The molecular formula is C19H24F3N5O. The summed E-state index contributed by atoms with van der Waals surface area (Å²) in [7, 11) is 0. The van der Waals surface area contributed by atoms with Crippen molar-refractivity contribution in [1.29, 1.82) is 0 Å². The van der Waals surface area contributed by atoms with E-state index in [-0.39, 0.29) is 22.9 Å². The van der Waals surface area contributed by atoms with E-state index in [0.717, 1.165) is 36.5 Å². The molecule has 0 spiro atoms. The Morgan fingerprint density at radius 2 is 1.75 bits per heavy atom. The van der Waals surface area contributed by atoms with Gasteiger partial charge in [-0.15, -0.1) is 0 Å². The van der Waals surface area contributed by atoms with E-state index in [0.29, 0.717) is 24.9 Å². The van der Waals surface area contributed by atoms with Crippen LogP contribution < -0.4 is 5.32 Å². The molecule has 28 heavy (non-hydrogen) atoms. The van der Waals surface area contributed by atoms with E-state index in [2.05, 4.69) is 15.4 Å². The second-order valence-corrected chi connectivity index (χ2v) is 7.80. The van der Waals surface area contributed by atoms with Crippen molar-refractivity contribution in [2.45, 2.75) is 38.8 Å². The molecule has 0 aromatic carbocycles. The number of fused-ring (bicyclic) bond motifs is 1. The van der Waals surface area contributed by atoms with Crippen LogP contribution in [0.2, 0.25) is 0 Å². The van der Waals surface area contributed by atoms with E-state index < -0.39 is 11.9 Å². The minimum absolute atomic E-state index is 0.0175. The van der Waals surface area contributed by atoms with E-state index in [4.69, 9.17) is 0 Å². The van der Waals surface area contributed by atoms with Gasteiger partial charge in [-0.3, -0.25) is 4.79 Å². The molecule has 4 heterocycles. The summed E-state index contributed by atoms with van der Waals surface area (Å²) in [5, 5.41) is 7.31. The zero-order chi connectivity index (χ0) is 19.9. The van der Waals surface area contributed by atoms with Gasteiger partial charge < -0.3 is 10.2 Å². The number of likely N-dealkylation sites (tertiary alicyclic amines) is 1. The number of halogens is 3. The Kier molecular flexibility index (Phi) is 5.03. The van der Waals surface area contributed by atoms with Gasteiger partial charge in [-0.05, 0) is 63.6 Å². The highest BCUT2D eigenvalue weighted by molar-refractivity contribution is 5.93. The van der Waals surface area contributed by atoms with Crippen molar-refractivity contribution in [3.63, 3.8) is 0 Å². The molecule has 2 aliphatic heterocycles. The molecule has 1 amide bonds. The smallest absolute Gasteiger partial charge is 0.337 e. The number of hydrogen-bond donors (Lipinski definition) is 1. The van der Waals surface area contributed by atoms with Gasteiger partial charge in [0, 0.05) is 24.8 Å². The molecule has 1 N–H and O–H groups in total. The molecule has 2 aromatic rings. The fraction of sp³-hybridized carbons (Fsp3) is 0.632. The quantitative estimate of drug-likeness (QED) is 0.849. The lowest BCUT2D eigenvalue weighted by atomic mass is 9.79. The third-order valence-corrected chi connectivity index (χ3v) is 5.94. The number of aryl methyl sites for hydroxylation is 1. The summed E-state index contributed by atoms with van der Waals surface area (Å²) in [6.07, 6.45) is -0.331. The first-order valence-corrected chi connectivity index (χ1v) is 9.77. The molecule has 0 atom stereocenters. The number of nitrogens with one attached hydrogen (secondary N) is 1. The van der Waals surface area contributed by atoms with Crippen molar-refractivity contribution in [3.05, 3.63) is 29.2 Å². The van der Waals surface area contributed by atoms with Gasteiger partial charge in [-0.25, -0.2) is 9.50 Å². The van der Waals surface area contributed by atoms with Crippen LogP contribution in [0.25, 0.3) is 5.65 Å². The van der Waals surface area contributed by atoms with E-state index >= 15 is 0 Å². The molecule has 0 saturated carbocycles. The number of amides is 1. The first kappa shape index (κ1) is 19.2. The zero-order valence-corrected chi connectivity index (χ0v) is 15.8. The van der Waals surface area contributed by atoms with Gasteiger partial charge >= 0.3 is 6.18 Å². The van der Waals surface area contributed by atoms with Gasteiger partial charge in [0.05, 0.1) is 0 Å². The zero-order valence-electron chi connectivity index (χ0n) is 15.8. The predicted octanol–water partition coefficient (Wildman–Crippen LogP) is 2.91. The van der Waals surface area contributed by atoms with Crippen LogP contribution in [0.5, 0.6) is 0 Å². The maximum absolute atomic E-state index is 13.3. The molecule has 0 bridgehead atoms. The lowest BCUT2D eigenvalue weighted by Gasteiger charge is -2.37. The first-order valence-electron chi connectivity index (χ1n) is 9.77. The lowest BCUT2D eigenvalue weighted by Crippen LogP contribution is -2.42. The van der Waals surface area contributed by atoms with E-state index in [1.807, 2.05) is 0 Å². The number of alkyl halides is 3. The predicted molar refractivity (Wildman–Crippen MR) is 96.9 cm³/mol. The second kappa shape index (κ2) is 7.35. The summed E-state index contributed by atoms with van der Waals surface area (Å²) in [5.41, 5.74) is -0.621. The molecular weight excluding hydrogens is 371 g/mol. The summed E-state index contributed by atoms with van der Waals surface area (Å²) in [6, 6.07) is 2.29. The fourth-order valence-corrected chi connectivity index (χ4v) is 4.46. The Morgan fingerprint density at radius 1 is 1.11 bits per heavy atom. The number of piperidine rings is 2. The summed E-state index contributed by atoms with van der Waals surface area (Å²) in [5.74, 6) is 1.00. The highest BCUT2D eigenvalue weighted by Crippen LogP contribution is 2.32. The monoisotopic (exact) mass is 395 g/mol. The van der Waals surface area contributed by atoms with Crippen molar-refractivity contribution in [1.82, 2.24) is 24.8 Å². The largest absolute Gasteiger partial charge is 0.433 e. The summed E-state index contributed by atoms with van der Waals surface area (Å²) < 4.78 is 40.6. The van der Waals surface area contributed by atoms with Crippen LogP contribution in [0.3, 0.4) is 0 Å². The molecule has 0 radical (unpaired) electrons. The summed E-state index contributed by atoms with van der Waals surface area (Å²) in [4.78, 5) is 18.6. The minimum atomic E-state index is -4.56. The minimum Gasteiger partial charge on any atom is -0.337 e. The Morgan fingerprint density at radius 3 is 2.39 bits per heavy atom. The maximum Gasteiger partial charge on any atom is 0.433 e. The van der Waals surface area contributed by atoms with Gasteiger partial charge in [0.15, 0.2) is 11.3 Å². The highest BCUT2D eigenvalue weighted by Gasteiger charge is 2.36. The Hall–Kier alpha value is -2.16. The van der Waals surface area contributed by atoms with E-state index in [9.17, 15) is 18.0 Å². The van der Waals surface area contributed by atoms with Crippen LogP contribution in [-0.2, 0) is 6.18 Å². The van der Waals surface area contributed by atoms with Gasteiger partial charge in [0.2, 0.25) is 0 Å². The van der Waals surface area contributed by atoms with Crippen molar-refractivity contribution >= 4 is 11.6 Å². The van der Waals surface area contributed by atoms with Crippen LogP contribution in [0.1, 0.15) is 47.6 Å². The SMILES string of the molecule is Cc1cc(C(F)(F)F)n2nc(C(=O)N3CCC(C4CCNCC4)CC3)cc2n1. The Bertz CT molecular complexity index is 864. The summed E-state index contributed by atoms with van der Waals surface area (Å²) >= 11 is 0. The molecule has 2 aliphatic rings. The molecule has 2 aromatic heterocycles. The van der Waals surface area contributed by atoms with Crippen molar-refractivity contribution in [3.8, 4) is 0 Å². The van der Waals surface area contributed by atoms with Crippen molar-refractivity contribution < 1.29 is 18.0 Å². The molecule has 6 nitrogen and oxygen atoms in total. The van der Waals surface area contributed by atoms with Crippen molar-refractivity contribution in [2.75, 3.05) is 26.2 Å². The third kappa shape index (κ3) is 3.72. The number of carbonyl (C=O) groups excluding carboxylic acids is 1. The average Bonchev–Trinajstić information content (AvgIpc) is 3.10. The van der Waals surface area contributed by atoms with Gasteiger partial charge in [0.25, 0.3) is 5.91 Å². The number of rotatable bonds is 2. The first-order chi connectivity index (χ1) is 13.3. The van der Waals surface area contributed by atoms with E-state index in [1.54, 1.807) is 4.90 Å². The maximum atomic E-state index is 13.3. The number of hydrogen-bond acceptors (Lipinski definition) is 4. The molecule has 0 unspecified atom stereocenters. The van der Waals surface area contributed by atoms with Crippen molar-refractivity contribution in [2.24, 2.45) is 11.8 Å². The highest BCUT2D eigenvalue weighted by atomic mass is 19.4. The van der Waals surface area contributed by atoms with Crippen LogP contribution in [0.4, 0.5) is 13.2 Å². The molecule has 0 aliphatic carbocycles. The number of nitrogens with zero attached hydrogens (tertiary/aromatic N) is 4. The standard InChI is InChI=1S/C19H24F3N5O/c1-12-10-16(19(20,21)22)27-17(24-12)11-15(25-27)18(28)26-8-4-14(5-9-26)13-2-6-23-7-3-13/h10-11,13-14,23H,2-9H2,1H3. The summed E-state index contributed by atoms with van der Waals surface area (Å²) in [6.45, 7) is 4.85. The van der Waals surface area contributed by atoms with Crippen LogP contribution in [-0.4, -0.2) is 51.6 Å². The van der Waals surface area contributed by atoms with Crippen LogP contribution in [0, 0.1) is 18.8 Å². The Labute approximate surface area is 161 Å². The second-order valence-electron chi connectivity index (χ2n) is 7.80. The van der Waals surface area contributed by atoms with Gasteiger partial charge in [-0.2, -0.15) is 18.3 Å². The van der Waals surface area contributed by atoms with E-state index in [1.165, 1.54) is 25.8 Å². The van der Waals surface area contributed by atoms with Crippen LogP contribution >= 0.6 is 0 Å². The fourth-order valence-electron chi connectivity index (χ4n) is 4.46. The molecule has 2 fully saturated rings. The average molecular weight is 395 g/mol. The number of carbonyl (C=O) groups is 1. The Balaban J connectivity index is 1.50. The topological polar surface area (TPSA) is 62.5 Å². The van der Waals surface area contributed by atoms with Gasteiger partial charge in [0.1, 0.15) is 5.69 Å². The molecule has 4 rings (SSSR count). The molecule has 2 saturated heterocycles. The molecule has 9 heteroatoms. The normalized spacial score (nSPS) is 20.1.